The average molecular weight is 390 g/mol. The summed E-state index contributed by atoms with van der Waals surface area (Å²) in [6, 6.07) is 15.1. The summed E-state index contributed by atoms with van der Waals surface area (Å²) in [6.45, 7) is 5.88. The molecule has 0 radical (unpaired) electrons. The highest BCUT2D eigenvalue weighted by atomic mass is 16.4. The maximum absolute atomic E-state index is 12.6. The third kappa shape index (κ3) is 4.57. The molecule has 150 valence electrons. The molecule has 0 saturated heterocycles. The van der Waals surface area contributed by atoms with Crippen LogP contribution in [0.2, 0.25) is 0 Å². The monoisotopic (exact) mass is 390 g/mol. The second-order valence-electron chi connectivity index (χ2n) is 7.03. The first kappa shape index (κ1) is 20.4. The third-order valence-corrected chi connectivity index (χ3v) is 4.95. The van der Waals surface area contributed by atoms with Crippen LogP contribution in [0.5, 0.6) is 0 Å². The molecule has 0 saturated carbocycles. The predicted molar refractivity (Wildman–Crippen MR) is 120 cm³/mol. The van der Waals surface area contributed by atoms with E-state index in [1.54, 1.807) is 12.1 Å². The van der Waals surface area contributed by atoms with Crippen molar-refractivity contribution in [1.82, 2.24) is 0 Å². The van der Waals surface area contributed by atoms with Crippen LogP contribution in [0.25, 0.3) is 17.0 Å². The van der Waals surface area contributed by atoms with Crippen molar-refractivity contribution in [3.8, 4) is 0 Å². The predicted octanol–water partition coefficient (Wildman–Crippen LogP) is 4.60. The Morgan fingerprint density at radius 1 is 0.966 bits per heavy atom. The van der Waals surface area contributed by atoms with E-state index in [0.29, 0.717) is 5.58 Å². The minimum Gasteiger partial charge on any atom is -0.422 e. The van der Waals surface area contributed by atoms with Gasteiger partial charge in [-0.25, -0.2) is 4.79 Å². The summed E-state index contributed by atoms with van der Waals surface area (Å²) >= 11 is 0. The standard InChI is InChI=1S/C24H26N2O3/c1-5-26(6-2)20-13-10-18-15-21(24(28)29-23(18)16-20)22(27)14-9-17-7-11-19(12-8-17)25(3)4/h7-16H,5-6H2,1-4H3/b14-9+. The molecule has 5 heteroatoms. The topological polar surface area (TPSA) is 53.8 Å². The van der Waals surface area contributed by atoms with Crippen molar-refractivity contribution in [2.75, 3.05) is 37.0 Å². The molecule has 3 aromatic rings. The van der Waals surface area contributed by atoms with E-state index in [4.69, 9.17) is 4.42 Å². The van der Waals surface area contributed by atoms with Gasteiger partial charge < -0.3 is 14.2 Å². The van der Waals surface area contributed by atoms with Crippen LogP contribution in [-0.4, -0.2) is 33.0 Å². The van der Waals surface area contributed by atoms with E-state index in [2.05, 4.69) is 18.7 Å². The molecule has 29 heavy (non-hydrogen) atoms. The van der Waals surface area contributed by atoms with Crippen molar-refractivity contribution in [3.63, 3.8) is 0 Å². The number of carbonyl (C=O) groups excluding carboxylic acids is 1. The number of benzene rings is 2. The van der Waals surface area contributed by atoms with Crippen LogP contribution in [0.15, 0.2) is 63.8 Å². The zero-order chi connectivity index (χ0) is 21.0. The molecular weight excluding hydrogens is 364 g/mol. The summed E-state index contributed by atoms with van der Waals surface area (Å²) < 4.78 is 5.45. The highest BCUT2D eigenvalue weighted by Crippen LogP contribution is 2.22. The van der Waals surface area contributed by atoms with E-state index in [0.717, 1.165) is 35.4 Å². The van der Waals surface area contributed by atoms with Gasteiger partial charge in [0.2, 0.25) is 0 Å². The normalized spacial score (nSPS) is 11.2. The van der Waals surface area contributed by atoms with Crippen LogP contribution in [0.4, 0.5) is 11.4 Å². The molecule has 0 aliphatic rings. The third-order valence-electron chi connectivity index (χ3n) is 4.95. The number of carbonyl (C=O) groups is 1. The molecule has 0 bridgehead atoms. The molecule has 0 unspecified atom stereocenters. The molecule has 2 aromatic carbocycles. The summed E-state index contributed by atoms with van der Waals surface area (Å²) in [4.78, 5) is 29.1. The van der Waals surface area contributed by atoms with Crippen molar-refractivity contribution in [2.45, 2.75) is 13.8 Å². The van der Waals surface area contributed by atoms with E-state index in [9.17, 15) is 9.59 Å². The highest BCUT2D eigenvalue weighted by molar-refractivity contribution is 6.07. The fourth-order valence-corrected chi connectivity index (χ4v) is 3.20. The first-order chi connectivity index (χ1) is 13.9. The van der Waals surface area contributed by atoms with Crippen molar-refractivity contribution >= 4 is 34.2 Å². The second-order valence-corrected chi connectivity index (χ2v) is 7.03. The van der Waals surface area contributed by atoms with Crippen LogP contribution in [-0.2, 0) is 0 Å². The summed E-state index contributed by atoms with van der Waals surface area (Å²) in [7, 11) is 3.94. The number of rotatable bonds is 7. The van der Waals surface area contributed by atoms with Gasteiger partial charge in [-0.1, -0.05) is 18.2 Å². The Morgan fingerprint density at radius 3 is 2.24 bits per heavy atom. The molecule has 0 amide bonds. The quantitative estimate of drug-likeness (QED) is 0.335. The molecule has 3 rings (SSSR count). The lowest BCUT2D eigenvalue weighted by Crippen LogP contribution is -2.21. The van der Waals surface area contributed by atoms with Gasteiger partial charge in [0.15, 0.2) is 5.78 Å². The highest BCUT2D eigenvalue weighted by Gasteiger charge is 2.12. The molecule has 0 spiro atoms. The lowest BCUT2D eigenvalue weighted by Gasteiger charge is -2.20. The summed E-state index contributed by atoms with van der Waals surface area (Å²) in [5.74, 6) is -0.370. The minimum atomic E-state index is -0.619. The first-order valence-electron chi connectivity index (χ1n) is 9.75. The molecule has 1 aromatic heterocycles. The van der Waals surface area contributed by atoms with E-state index >= 15 is 0 Å². The number of ketones is 1. The lowest BCUT2D eigenvalue weighted by atomic mass is 10.1. The fourth-order valence-electron chi connectivity index (χ4n) is 3.20. The smallest absolute Gasteiger partial charge is 0.347 e. The number of fused-ring (bicyclic) bond motifs is 1. The van der Waals surface area contributed by atoms with Crippen molar-refractivity contribution in [1.29, 1.82) is 0 Å². The van der Waals surface area contributed by atoms with Gasteiger partial charge in [-0.15, -0.1) is 0 Å². The van der Waals surface area contributed by atoms with Gasteiger partial charge in [-0.05, 0) is 55.8 Å². The summed E-state index contributed by atoms with van der Waals surface area (Å²) in [5, 5.41) is 0.729. The molecule has 0 fully saturated rings. The molecular formula is C24H26N2O3. The largest absolute Gasteiger partial charge is 0.422 e. The molecule has 0 aliphatic carbocycles. The number of anilines is 2. The average Bonchev–Trinajstić information content (AvgIpc) is 2.72. The Balaban J connectivity index is 1.86. The number of allylic oxidation sites excluding steroid dienone is 1. The first-order valence-corrected chi connectivity index (χ1v) is 9.75. The Kier molecular flexibility index (Phi) is 6.17. The Morgan fingerprint density at radius 2 is 1.62 bits per heavy atom. The molecule has 0 atom stereocenters. The lowest BCUT2D eigenvalue weighted by molar-refractivity contribution is 0.104. The van der Waals surface area contributed by atoms with Gasteiger partial charge in [-0.3, -0.25) is 4.79 Å². The number of hydrogen-bond acceptors (Lipinski definition) is 5. The fraction of sp³-hybridized carbons (Fsp3) is 0.250. The second kappa shape index (κ2) is 8.78. The maximum atomic E-state index is 12.6. The van der Waals surface area contributed by atoms with Crippen LogP contribution in [0.3, 0.4) is 0 Å². The summed E-state index contributed by atoms with van der Waals surface area (Å²) in [6.07, 6.45) is 3.11. The zero-order valence-electron chi connectivity index (χ0n) is 17.3. The van der Waals surface area contributed by atoms with Crippen molar-refractivity contribution < 1.29 is 9.21 Å². The van der Waals surface area contributed by atoms with E-state index in [1.807, 2.05) is 61.5 Å². The SMILES string of the molecule is CCN(CC)c1ccc2cc(C(=O)/C=C/c3ccc(N(C)C)cc3)c(=O)oc2c1. The van der Waals surface area contributed by atoms with Gasteiger partial charge in [0.1, 0.15) is 11.1 Å². The Hall–Kier alpha value is -3.34. The molecule has 0 N–H and O–H groups in total. The zero-order valence-corrected chi connectivity index (χ0v) is 17.3. The van der Waals surface area contributed by atoms with Gasteiger partial charge in [-0.2, -0.15) is 0 Å². The van der Waals surface area contributed by atoms with E-state index in [1.165, 1.54) is 6.08 Å². The number of hydrogen-bond donors (Lipinski definition) is 0. The van der Waals surface area contributed by atoms with Gasteiger partial charge in [0.25, 0.3) is 0 Å². The van der Waals surface area contributed by atoms with Gasteiger partial charge >= 0.3 is 5.63 Å². The molecule has 0 aliphatic heterocycles. The Bertz CT molecular complexity index is 1090. The molecule has 5 nitrogen and oxygen atoms in total. The van der Waals surface area contributed by atoms with Gasteiger partial charge in [0.05, 0.1) is 0 Å². The van der Waals surface area contributed by atoms with Crippen LogP contribution >= 0.6 is 0 Å². The van der Waals surface area contributed by atoms with Crippen molar-refractivity contribution in [2.24, 2.45) is 0 Å². The van der Waals surface area contributed by atoms with Crippen molar-refractivity contribution in [3.05, 3.63) is 76.2 Å². The van der Waals surface area contributed by atoms with E-state index < -0.39 is 5.63 Å². The van der Waals surface area contributed by atoms with Crippen LogP contribution in [0, 0.1) is 0 Å². The van der Waals surface area contributed by atoms with Gasteiger partial charge in [0, 0.05) is 50.0 Å². The minimum absolute atomic E-state index is 0.0363. The van der Waals surface area contributed by atoms with Crippen LogP contribution < -0.4 is 15.4 Å². The Labute approximate surface area is 170 Å². The maximum Gasteiger partial charge on any atom is 0.347 e. The number of nitrogens with zero attached hydrogens (tertiary/aromatic N) is 2. The van der Waals surface area contributed by atoms with Crippen LogP contribution in [0.1, 0.15) is 29.8 Å². The summed E-state index contributed by atoms with van der Waals surface area (Å²) in [5.41, 5.74) is 2.86. The van der Waals surface area contributed by atoms with E-state index in [-0.39, 0.29) is 11.3 Å². The molecule has 1 heterocycles.